The number of benzene rings is 5. The third-order valence-corrected chi connectivity index (χ3v) is 15.9. The summed E-state index contributed by atoms with van der Waals surface area (Å²) in [7, 11) is 1.29. The summed E-state index contributed by atoms with van der Waals surface area (Å²) in [6.07, 6.45) is 6.86. The lowest BCUT2D eigenvalue weighted by atomic mass is 9.99. The molecule has 0 fully saturated rings. The Morgan fingerprint density at radius 3 is 1.70 bits per heavy atom. The number of phenolic OH excluding ortho intramolecular Hbond substituents is 1. The van der Waals surface area contributed by atoms with Crippen molar-refractivity contribution in [2.75, 3.05) is 33.3 Å². The molecule has 0 aliphatic rings. The number of halogens is 1. The highest BCUT2D eigenvalue weighted by molar-refractivity contribution is 6.30. The molecule has 1 heterocycles. The summed E-state index contributed by atoms with van der Waals surface area (Å²) in [6, 6.07) is 28.2. The third-order valence-electron chi connectivity index (χ3n) is 15.7. The number of aromatic nitrogens is 1. The Morgan fingerprint density at radius 2 is 1.06 bits per heavy atom. The number of rotatable bonds is 37. The number of unbranched alkanes of at least 4 members (excludes halogenated alkanes) is 4. The fraction of sp³-hybridized carbons (Fsp3) is 0.400. The Labute approximate surface area is 548 Å². The topological polar surface area (TPSA) is 332 Å². The number of hydrogen-bond donors (Lipinski definition) is 11. The summed E-state index contributed by atoms with van der Waals surface area (Å²) in [4.78, 5) is 133. The monoisotopic (exact) mass is 1290 g/mol. The average Bonchev–Trinajstić information content (AvgIpc) is 1.05. The quantitative estimate of drug-likeness (QED) is 0.0232. The number of aliphatic hydroxyl groups is 1. The van der Waals surface area contributed by atoms with Crippen molar-refractivity contribution >= 4 is 75.5 Å². The van der Waals surface area contributed by atoms with Crippen LogP contribution in [0.25, 0.3) is 10.8 Å². The Bertz CT molecular complexity index is 3420. The first kappa shape index (κ1) is 72.8. The van der Waals surface area contributed by atoms with Crippen LogP contribution in [-0.2, 0) is 64.0 Å². The molecule has 1 aromatic heterocycles. The molecule has 0 unspecified atom stereocenters. The number of amides is 9. The Kier molecular flexibility index (Phi) is 29.7. The zero-order valence-corrected chi connectivity index (χ0v) is 54.0. The van der Waals surface area contributed by atoms with Crippen LogP contribution in [0.5, 0.6) is 5.75 Å². The Morgan fingerprint density at radius 1 is 0.527 bits per heavy atom. The second-order valence-corrected chi connectivity index (χ2v) is 24.0. The molecule has 22 nitrogen and oxygen atoms in total. The number of aromatic hydroxyl groups is 1. The van der Waals surface area contributed by atoms with Crippen molar-refractivity contribution in [2.24, 2.45) is 11.7 Å². The maximum atomic E-state index is 15.0. The maximum Gasteiger partial charge on any atom is 0.251 e. The van der Waals surface area contributed by atoms with E-state index < -0.39 is 96.2 Å². The predicted octanol–water partition coefficient (Wildman–Crippen LogP) is 4.89. The first-order valence-electron chi connectivity index (χ1n) is 31.6. The number of pyridine rings is 1. The molecule has 0 aliphatic carbocycles. The summed E-state index contributed by atoms with van der Waals surface area (Å²) in [5.41, 5.74) is 8.38. The van der Waals surface area contributed by atoms with E-state index in [-0.39, 0.29) is 62.6 Å². The van der Waals surface area contributed by atoms with Crippen LogP contribution in [0.1, 0.15) is 105 Å². The SMILES string of the molecule is CC(=O)N[C@H](Cc1ccc2ccccc2c1)C(=O)N[C@H](Cc1ccc(Cl)cc1)C(=O)N[C@H](Cc1cccnc1)C(=O)N[C@@H](CO)C(=O)N(C)[C@@H](Cc1ccc(O)cc1)C(=O)N[C@H](CCCCNC(=O)c1ccccc1)C(=O)N[C@@H](CC(C)C)C(=O)NCCCCCCN. The molecule has 7 atom stereocenters. The van der Waals surface area contributed by atoms with E-state index in [4.69, 9.17) is 17.3 Å². The highest BCUT2D eigenvalue weighted by Gasteiger charge is 2.37. The molecule has 12 N–H and O–H groups in total. The van der Waals surface area contributed by atoms with E-state index in [2.05, 4.69) is 47.5 Å². The van der Waals surface area contributed by atoms with Crippen LogP contribution in [-0.4, -0.2) is 149 Å². The molecule has 6 rings (SSSR count). The van der Waals surface area contributed by atoms with Crippen molar-refractivity contribution in [3.05, 3.63) is 179 Å². The number of fused-ring (bicyclic) bond motifs is 1. The first-order valence-corrected chi connectivity index (χ1v) is 32.0. The van der Waals surface area contributed by atoms with Crippen LogP contribution in [0.15, 0.2) is 146 Å². The molecule has 496 valence electrons. The van der Waals surface area contributed by atoms with Gasteiger partial charge in [0.25, 0.3) is 5.91 Å². The molecule has 0 bridgehead atoms. The van der Waals surface area contributed by atoms with Crippen LogP contribution in [0.4, 0.5) is 0 Å². The average molecular weight is 1290 g/mol. The van der Waals surface area contributed by atoms with Crippen molar-refractivity contribution in [3.8, 4) is 5.75 Å². The lowest BCUT2D eigenvalue weighted by Crippen LogP contribution is -2.61. The van der Waals surface area contributed by atoms with Crippen LogP contribution in [0.2, 0.25) is 5.02 Å². The smallest absolute Gasteiger partial charge is 0.251 e. The molecule has 93 heavy (non-hydrogen) atoms. The molecule has 0 aliphatic heterocycles. The number of carbonyl (C=O) groups is 9. The van der Waals surface area contributed by atoms with Gasteiger partial charge in [0.15, 0.2) is 0 Å². The number of nitrogens with two attached hydrogens (primary N) is 1. The molecule has 0 radical (unpaired) electrons. The number of likely N-dealkylation sites (N-methyl/N-ethyl adjacent to an activating group) is 1. The second-order valence-electron chi connectivity index (χ2n) is 23.6. The molecular formula is C70H88ClN11O11. The van der Waals surface area contributed by atoms with Gasteiger partial charge >= 0.3 is 0 Å². The molecule has 23 heteroatoms. The van der Waals surface area contributed by atoms with Crippen molar-refractivity contribution in [3.63, 3.8) is 0 Å². The summed E-state index contributed by atoms with van der Waals surface area (Å²) in [6.45, 7) is 5.27. The van der Waals surface area contributed by atoms with Gasteiger partial charge < -0.3 is 63.4 Å². The molecule has 0 saturated carbocycles. The van der Waals surface area contributed by atoms with Crippen molar-refractivity contribution in [1.82, 2.24) is 52.4 Å². The molecule has 5 aromatic carbocycles. The molecule has 0 saturated heterocycles. The van der Waals surface area contributed by atoms with Crippen LogP contribution >= 0.6 is 11.6 Å². The Balaban J connectivity index is 1.25. The van der Waals surface area contributed by atoms with E-state index in [0.29, 0.717) is 59.6 Å². The van der Waals surface area contributed by atoms with Crippen molar-refractivity contribution in [2.45, 2.75) is 140 Å². The maximum absolute atomic E-state index is 15.0. The normalized spacial score (nSPS) is 13.4. The van der Waals surface area contributed by atoms with Gasteiger partial charge in [0.05, 0.1) is 6.61 Å². The minimum Gasteiger partial charge on any atom is -0.508 e. The number of carbonyl (C=O) groups excluding carboxylic acids is 9. The molecular weight excluding hydrogens is 1210 g/mol. The van der Waals surface area contributed by atoms with E-state index in [1.807, 2.05) is 56.3 Å². The molecule has 6 aromatic rings. The first-order chi connectivity index (χ1) is 44.7. The standard InChI is InChI=1S/C70H88ClN11O11/c1-45(2)37-57(64(87)75-35-14-6-5-13-33-72)78-65(88)56(22-12-15-36-74-63(86)52-19-8-7-9-20-52)77-69(92)62(42-48-26-31-55(85)32-27-48)82(4)70(93)61(44-83)81-68(91)60(41-50-17-16-34-73-43-50)80-67(90)59(39-47-24-29-54(71)30-25-47)79-66(89)58(76-46(3)84)40-49-23-28-51-18-10-11-21-53(51)38-49/h7-11,16-21,23-32,34,38,43,45,56-62,83,85H,5-6,12-15,22,33,35-37,39-42,44,72H2,1-4H3,(H,74,86)(H,75,87)(H,76,84)(H,77,92)(H,78,88)(H,79,89)(H,80,90)(H,81,91)/t56-,57+,58-,59-,60-,61+,62+/m1/s1. The van der Waals surface area contributed by atoms with Crippen LogP contribution in [0.3, 0.4) is 0 Å². The van der Waals surface area contributed by atoms with E-state index in [0.717, 1.165) is 40.5 Å². The third kappa shape index (κ3) is 24.4. The summed E-state index contributed by atoms with van der Waals surface area (Å²) < 4.78 is 0. The number of nitrogens with zero attached hydrogens (tertiary/aromatic N) is 2. The number of aliphatic hydroxyl groups excluding tert-OH is 1. The van der Waals surface area contributed by atoms with Gasteiger partial charge in [-0.15, -0.1) is 0 Å². The van der Waals surface area contributed by atoms with E-state index >= 15 is 4.79 Å². The van der Waals surface area contributed by atoms with Gasteiger partial charge in [-0.3, -0.25) is 48.1 Å². The molecule has 0 spiro atoms. The van der Waals surface area contributed by atoms with Gasteiger partial charge in [-0.25, -0.2) is 0 Å². The lowest BCUT2D eigenvalue weighted by Gasteiger charge is -2.32. The summed E-state index contributed by atoms with van der Waals surface area (Å²) in [5, 5.41) is 45.9. The van der Waals surface area contributed by atoms with Crippen LogP contribution in [0, 0.1) is 5.92 Å². The zero-order chi connectivity index (χ0) is 67.2. The van der Waals surface area contributed by atoms with Gasteiger partial charge in [-0.1, -0.05) is 129 Å². The van der Waals surface area contributed by atoms with E-state index in [1.165, 1.54) is 38.5 Å². The minimum absolute atomic E-state index is 0.0319. The van der Waals surface area contributed by atoms with Gasteiger partial charge in [-0.05, 0) is 126 Å². The summed E-state index contributed by atoms with van der Waals surface area (Å²) in [5.74, 6) is -6.22. The van der Waals surface area contributed by atoms with Crippen LogP contribution < -0.4 is 48.3 Å². The van der Waals surface area contributed by atoms with Gasteiger partial charge in [0.2, 0.25) is 47.3 Å². The second kappa shape index (κ2) is 37.9. The van der Waals surface area contributed by atoms with Crippen molar-refractivity contribution < 1.29 is 53.4 Å². The fourth-order valence-corrected chi connectivity index (χ4v) is 10.7. The highest BCUT2D eigenvalue weighted by Crippen LogP contribution is 2.20. The van der Waals surface area contributed by atoms with E-state index in [9.17, 15) is 48.6 Å². The highest BCUT2D eigenvalue weighted by atomic mass is 35.5. The largest absolute Gasteiger partial charge is 0.508 e. The lowest BCUT2D eigenvalue weighted by molar-refractivity contribution is -0.144. The van der Waals surface area contributed by atoms with Gasteiger partial charge in [0.1, 0.15) is 48.0 Å². The number of hydrogen-bond acceptors (Lipinski definition) is 13. The number of phenols is 1. The Hall–Kier alpha value is -9.25. The van der Waals surface area contributed by atoms with Gasteiger partial charge in [-0.2, -0.15) is 0 Å². The minimum atomic E-state index is -1.75. The van der Waals surface area contributed by atoms with Gasteiger partial charge in [0, 0.05) is 75.7 Å². The summed E-state index contributed by atoms with van der Waals surface area (Å²) >= 11 is 6.24. The van der Waals surface area contributed by atoms with Crippen molar-refractivity contribution in [1.29, 1.82) is 0 Å². The van der Waals surface area contributed by atoms with E-state index in [1.54, 1.807) is 78.9 Å². The predicted molar refractivity (Wildman–Crippen MR) is 356 cm³/mol. The fourth-order valence-electron chi connectivity index (χ4n) is 10.6. The number of nitrogens with one attached hydrogen (secondary N) is 8. The molecule has 9 amide bonds. The zero-order valence-electron chi connectivity index (χ0n) is 53.2.